The Morgan fingerprint density at radius 1 is 1.14 bits per heavy atom. The predicted molar refractivity (Wildman–Crippen MR) is 106 cm³/mol. The Morgan fingerprint density at radius 2 is 1.82 bits per heavy atom. The summed E-state index contributed by atoms with van der Waals surface area (Å²) in [5.41, 5.74) is 0.614. The molecule has 0 spiro atoms. The Hall–Kier alpha value is -2.99. The molecule has 1 aromatic heterocycles. The molecule has 0 atom stereocenters. The zero-order chi connectivity index (χ0) is 20.5. The van der Waals surface area contributed by atoms with Crippen molar-refractivity contribution in [3.8, 4) is 11.5 Å². The van der Waals surface area contributed by atoms with Crippen molar-refractivity contribution in [3.63, 3.8) is 0 Å². The first-order chi connectivity index (χ1) is 13.2. The van der Waals surface area contributed by atoms with E-state index in [2.05, 4.69) is 18.8 Å². The highest BCUT2D eigenvalue weighted by atomic mass is 35.5. The lowest BCUT2D eigenvalue weighted by Gasteiger charge is -2.29. The number of phenolic OH excluding ortho intramolecular Hbond substituents is 1. The van der Waals surface area contributed by atoms with E-state index in [1.54, 1.807) is 6.20 Å². The second-order valence-corrected chi connectivity index (χ2v) is 7.40. The standard InChI is InChI=1S/C21H21ClN2O4/c1-21(2,13-6-4-3-5-7-13)24-11-10-23-17(24)9-8-14-18(20(27)28)15(25)12-16(26)19(14)22/h3-7,10-12,25-26H,8-9H2,1-2H3,(H,27,28). The van der Waals surface area contributed by atoms with Gasteiger partial charge in [-0.2, -0.15) is 0 Å². The molecule has 7 heteroatoms. The van der Waals surface area contributed by atoms with E-state index in [0.29, 0.717) is 6.42 Å². The molecule has 3 N–H and O–H groups in total. The number of phenols is 2. The third-order valence-electron chi connectivity index (χ3n) is 4.93. The number of hydrogen-bond acceptors (Lipinski definition) is 4. The summed E-state index contributed by atoms with van der Waals surface area (Å²) >= 11 is 6.13. The van der Waals surface area contributed by atoms with Crippen molar-refractivity contribution in [3.05, 3.63) is 76.3 Å². The van der Waals surface area contributed by atoms with Gasteiger partial charge in [0.25, 0.3) is 0 Å². The number of aromatic nitrogens is 2. The van der Waals surface area contributed by atoms with E-state index in [0.717, 1.165) is 17.5 Å². The maximum Gasteiger partial charge on any atom is 0.339 e. The van der Waals surface area contributed by atoms with Crippen molar-refractivity contribution in [1.29, 1.82) is 0 Å². The zero-order valence-corrected chi connectivity index (χ0v) is 16.3. The Kier molecular flexibility index (Phi) is 5.34. The number of imidazole rings is 1. The van der Waals surface area contributed by atoms with Gasteiger partial charge < -0.3 is 19.9 Å². The number of aryl methyl sites for hydroxylation is 1. The largest absolute Gasteiger partial charge is 0.507 e. The molecule has 0 saturated heterocycles. The molecule has 0 amide bonds. The number of nitrogens with zero attached hydrogens (tertiary/aromatic N) is 2. The summed E-state index contributed by atoms with van der Waals surface area (Å²) in [6.07, 6.45) is 4.15. The van der Waals surface area contributed by atoms with Gasteiger partial charge in [-0.3, -0.25) is 0 Å². The lowest BCUT2D eigenvalue weighted by Crippen LogP contribution is -2.29. The average Bonchev–Trinajstić information content (AvgIpc) is 3.13. The summed E-state index contributed by atoms with van der Waals surface area (Å²) in [6, 6.07) is 10.9. The third kappa shape index (κ3) is 3.55. The molecule has 1 heterocycles. The highest BCUT2D eigenvalue weighted by molar-refractivity contribution is 6.33. The van der Waals surface area contributed by atoms with Crippen LogP contribution in [0.2, 0.25) is 5.02 Å². The van der Waals surface area contributed by atoms with Crippen LogP contribution in [0.15, 0.2) is 48.8 Å². The fourth-order valence-corrected chi connectivity index (χ4v) is 3.65. The van der Waals surface area contributed by atoms with Gasteiger partial charge in [-0.1, -0.05) is 41.9 Å². The molecule has 3 aromatic rings. The van der Waals surface area contributed by atoms with Gasteiger partial charge in [0.1, 0.15) is 22.9 Å². The molecule has 28 heavy (non-hydrogen) atoms. The Balaban J connectivity index is 1.95. The van der Waals surface area contributed by atoms with Crippen molar-refractivity contribution in [2.45, 2.75) is 32.2 Å². The molecule has 0 saturated carbocycles. The minimum absolute atomic E-state index is 0.0735. The van der Waals surface area contributed by atoms with Gasteiger partial charge in [0.15, 0.2) is 0 Å². The quantitative estimate of drug-likeness (QED) is 0.576. The Bertz CT molecular complexity index is 1010. The third-order valence-corrected chi connectivity index (χ3v) is 5.36. The predicted octanol–water partition coefficient (Wildman–Crippen LogP) is 4.21. The van der Waals surface area contributed by atoms with Gasteiger partial charge in [-0.05, 0) is 31.4 Å². The fourth-order valence-electron chi connectivity index (χ4n) is 3.41. The lowest BCUT2D eigenvalue weighted by atomic mass is 9.93. The normalized spacial score (nSPS) is 11.5. The molecular formula is C21H21ClN2O4. The van der Waals surface area contributed by atoms with E-state index in [9.17, 15) is 20.1 Å². The smallest absolute Gasteiger partial charge is 0.339 e. The summed E-state index contributed by atoms with van der Waals surface area (Å²) in [5, 5.41) is 29.2. The van der Waals surface area contributed by atoms with Crippen molar-refractivity contribution in [1.82, 2.24) is 9.55 Å². The first-order valence-electron chi connectivity index (χ1n) is 8.78. The van der Waals surface area contributed by atoms with E-state index in [4.69, 9.17) is 11.6 Å². The van der Waals surface area contributed by atoms with E-state index in [1.165, 1.54) is 0 Å². The summed E-state index contributed by atoms with van der Waals surface area (Å²) in [6.45, 7) is 4.15. The van der Waals surface area contributed by atoms with Crippen LogP contribution in [-0.4, -0.2) is 30.8 Å². The molecule has 146 valence electrons. The monoisotopic (exact) mass is 400 g/mol. The van der Waals surface area contributed by atoms with Crippen LogP contribution in [-0.2, 0) is 18.4 Å². The zero-order valence-electron chi connectivity index (χ0n) is 15.6. The van der Waals surface area contributed by atoms with Crippen LogP contribution < -0.4 is 0 Å². The van der Waals surface area contributed by atoms with Crippen LogP contribution in [0.4, 0.5) is 0 Å². The van der Waals surface area contributed by atoms with Gasteiger partial charge in [-0.25, -0.2) is 9.78 Å². The van der Waals surface area contributed by atoms with Gasteiger partial charge in [0.05, 0.1) is 10.6 Å². The second-order valence-electron chi connectivity index (χ2n) is 7.03. The molecule has 0 aliphatic rings. The maximum absolute atomic E-state index is 11.6. The summed E-state index contributed by atoms with van der Waals surface area (Å²) in [4.78, 5) is 16.0. The van der Waals surface area contributed by atoms with Crippen molar-refractivity contribution in [2.75, 3.05) is 0 Å². The van der Waals surface area contributed by atoms with E-state index in [-0.39, 0.29) is 33.9 Å². The number of rotatable bonds is 6. The Morgan fingerprint density at radius 3 is 2.46 bits per heavy atom. The number of carboxylic acids is 1. The number of aromatic hydroxyl groups is 2. The van der Waals surface area contributed by atoms with Gasteiger partial charge in [0.2, 0.25) is 0 Å². The summed E-state index contributed by atoms with van der Waals surface area (Å²) < 4.78 is 2.03. The van der Waals surface area contributed by atoms with E-state index in [1.807, 2.05) is 41.1 Å². The number of benzene rings is 2. The van der Waals surface area contributed by atoms with Crippen LogP contribution in [0.25, 0.3) is 0 Å². The average molecular weight is 401 g/mol. The molecule has 0 aliphatic heterocycles. The number of halogens is 1. The minimum atomic E-state index is -1.30. The van der Waals surface area contributed by atoms with Crippen LogP contribution >= 0.6 is 11.6 Å². The SMILES string of the molecule is CC(C)(c1ccccc1)n1ccnc1CCc1c(Cl)c(O)cc(O)c1C(=O)O. The topological polar surface area (TPSA) is 95.6 Å². The van der Waals surface area contributed by atoms with Crippen molar-refractivity contribution < 1.29 is 20.1 Å². The van der Waals surface area contributed by atoms with E-state index < -0.39 is 11.7 Å². The number of carbonyl (C=O) groups is 1. The summed E-state index contributed by atoms with van der Waals surface area (Å²) in [7, 11) is 0. The van der Waals surface area contributed by atoms with Gasteiger partial charge >= 0.3 is 5.97 Å². The summed E-state index contributed by atoms with van der Waals surface area (Å²) in [5.74, 6) is -1.43. The molecule has 0 aliphatic carbocycles. The molecule has 6 nitrogen and oxygen atoms in total. The molecule has 2 aromatic carbocycles. The highest BCUT2D eigenvalue weighted by Gasteiger charge is 2.26. The minimum Gasteiger partial charge on any atom is -0.507 e. The molecule has 0 fully saturated rings. The molecule has 0 bridgehead atoms. The van der Waals surface area contributed by atoms with Crippen molar-refractivity contribution in [2.24, 2.45) is 0 Å². The van der Waals surface area contributed by atoms with Crippen molar-refractivity contribution >= 4 is 17.6 Å². The maximum atomic E-state index is 11.6. The highest BCUT2D eigenvalue weighted by Crippen LogP contribution is 2.37. The van der Waals surface area contributed by atoms with Crippen LogP contribution in [0.1, 0.15) is 41.2 Å². The van der Waals surface area contributed by atoms with Crippen LogP contribution in [0.3, 0.4) is 0 Å². The number of carboxylic acid groups (broad SMARTS) is 1. The molecule has 0 unspecified atom stereocenters. The first kappa shape index (κ1) is 19.8. The Labute approximate surface area is 167 Å². The van der Waals surface area contributed by atoms with Crippen LogP contribution in [0, 0.1) is 0 Å². The molecule has 3 rings (SSSR count). The number of hydrogen-bond donors (Lipinski definition) is 3. The fraction of sp³-hybridized carbons (Fsp3) is 0.238. The van der Waals surface area contributed by atoms with Crippen LogP contribution in [0.5, 0.6) is 11.5 Å². The lowest BCUT2D eigenvalue weighted by molar-refractivity contribution is 0.0692. The van der Waals surface area contributed by atoms with Gasteiger partial charge in [-0.15, -0.1) is 0 Å². The first-order valence-corrected chi connectivity index (χ1v) is 9.16. The molecule has 0 radical (unpaired) electrons. The molecular weight excluding hydrogens is 380 g/mol. The second kappa shape index (κ2) is 7.56. The number of aromatic carboxylic acids is 1. The van der Waals surface area contributed by atoms with E-state index >= 15 is 0 Å². The van der Waals surface area contributed by atoms with Gasteiger partial charge in [0, 0.05) is 24.9 Å².